The average molecular weight is 194 g/mol. The van der Waals surface area contributed by atoms with E-state index in [9.17, 15) is 4.39 Å². The monoisotopic (exact) mass is 194 g/mol. The predicted molar refractivity (Wildman–Crippen MR) is 62.0 cm³/mol. The van der Waals surface area contributed by atoms with Gasteiger partial charge >= 0.3 is 0 Å². The highest BCUT2D eigenvalue weighted by Crippen LogP contribution is 2.21. The van der Waals surface area contributed by atoms with Gasteiger partial charge in [0.05, 0.1) is 0 Å². The highest BCUT2D eigenvalue weighted by molar-refractivity contribution is 5.35. The number of hydrogen-bond acceptors (Lipinski definition) is 0. The van der Waals surface area contributed by atoms with Crippen LogP contribution >= 0.6 is 0 Å². The van der Waals surface area contributed by atoms with E-state index in [0.717, 1.165) is 11.1 Å². The molecule has 0 saturated heterocycles. The Morgan fingerprint density at radius 1 is 1.21 bits per heavy atom. The Hall–Kier alpha value is -1.11. The molecule has 0 spiro atoms. The van der Waals surface area contributed by atoms with E-state index in [1.165, 1.54) is 13.8 Å². The van der Waals surface area contributed by atoms with Crippen LogP contribution in [0.2, 0.25) is 0 Å². The molecule has 0 bridgehead atoms. The average Bonchev–Trinajstić information content (AvgIpc) is 2.02. The van der Waals surface area contributed by atoms with Crippen molar-refractivity contribution in [1.29, 1.82) is 0 Å². The van der Waals surface area contributed by atoms with Crippen LogP contribution in [0.1, 0.15) is 27.7 Å². The largest absolute Gasteiger partial charge is 0.239 e. The molecule has 0 aromatic carbocycles. The van der Waals surface area contributed by atoms with Gasteiger partial charge in [0.1, 0.15) is 5.67 Å². The van der Waals surface area contributed by atoms with Crippen LogP contribution in [-0.4, -0.2) is 5.67 Å². The fourth-order valence-electron chi connectivity index (χ4n) is 0.866. The lowest BCUT2D eigenvalue weighted by atomic mass is 9.99. The fraction of sp³-hybridized carbons (Fsp3) is 0.385. The van der Waals surface area contributed by atoms with Gasteiger partial charge in [-0.05, 0) is 38.8 Å². The van der Waals surface area contributed by atoms with E-state index >= 15 is 0 Å². The van der Waals surface area contributed by atoms with Crippen molar-refractivity contribution in [1.82, 2.24) is 0 Å². The van der Waals surface area contributed by atoms with Gasteiger partial charge in [0.15, 0.2) is 0 Å². The van der Waals surface area contributed by atoms with Crippen molar-refractivity contribution in [2.45, 2.75) is 33.4 Å². The molecule has 0 fully saturated rings. The van der Waals surface area contributed by atoms with Crippen LogP contribution in [-0.2, 0) is 0 Å². The maximum Gasteiger partial charge on any atom is 0.130 e. The summed E-state index contributed by atoms with van der Waals surface area (Å²) in [6, 6.07) is 0. The Morgan fingerprint density at radius 3 is 2.00 bits per heavy atom. The summed E-state index contributed by atoms with van der Waals surface area (Å²) in [4.78, 5) is 0. The second kappa shape index (κ2) is 4.94. The maximum atomic E-state index is 13.5. The van der Waals surface area contributed by atoms with Gasteiger partial charge in [-0.3, -0.25) is 0 Å². The molecule has 0 aliphatic rings. The molecule has 78 valence electrons. The molecule has 1 heteroatoms. The summed E-state index contributed by atoms with van der Waals surface area (Å²) in [5, 5.41) is 0. The molecule has 0 nitrogen and oxygen atoms in total. The zero-order chi connectivity index (χ0) is 11.4. The van der Waals surface area contributed by atoms with Gasteiger partial charge in [0.2, 0.25) is 0 Å². The number of halogens is 1. The number of allylic oxidation sites excluding steroid dienone is 6. The molecule has 0 amide bonds. The van der Waals surface area contributed by atoms with Crippen molar-refractivity contribution in [2.75, 3.05) is 0 Å². The molecule has 0 aromatic heterocycles. The first-order valence-electron chi connectivity index (χ1n) is 4.65. The SMILES string of the molecule is C=C/C(=C\C=C(/C)C(=C)C)C(C)(C)F. The van der Waals surface area contributed by atoms with Gasteiger partial charge in [-0.15, -0.1) is 0 Å². The topological polar surface area (TPSA) is 0 Å². The lowest BCUT2D eigenvalue weighted by Crippen LogP contribution is -2.13. The standard InChI is InChI=1S/C13H19F/c1-7-12(13(5,6)14)9-8-11(4)10(2)3/h7-9H,1-2H2,3-6H3/b11-8+,12-9+. The number of hydrogen-bond donors (Lipinski definition) is 0. The molecule has 0 aromatic rings. The molecule has 0 atom stereocenters. The molecule has 0 rings (SSSR count). The second-order valence-electron chi connectivity index (χ2n) is 3.93. The first-order valence-corrected chi connectivity index (χ1v) is 4.65. The van der Waals surface area contributed by atoms with Gasteiger partial charge in [-0.2, -0.15) is 0 Å². The first-order chi connectivity index (χ1) is 6.29. The van der Waals surface area contributed by atoms with Crippen LogP contribution in [0.15, 0.2) is 48.1 Å². The van der Waals surface area contributed by atoms with Crippen molar-refractivity contribution in [3.05, 3.63) is 48.1 Å². The Kier molecular flexibility index (Phi) is 4.55. The molecular formula is C13H19F. The van der Waals surface area contributed by atoms with Gasteiger partial charge in [-0.1, -0.05) is 37.0 Å². The summed E-state index contributed by atoms with van der Waals surface area (Å²) in [6.07, 6.45) is 5.15. The Labute approximate surface area is 86.5 Å². The summed E-state index contributed by atoms with van der Waals surface area (Å²) in [7, 11) is 0. The summed E-state index contributed by atoms with van der Waals surface area (Å²) in [5.41, 5.74) is 1.28. The van der Waals surface area contributed by atoms with E-state index in [0.29, 0.717) is 5.57 Å². The van der Waals surface area contributed by atoms with E-state index in [1.54, 1.807) is 12.2 Å². The van der Waals surface area contributed by atoms with Crippen LogP contribution in [0.25, 0.3) is 0 Å². The van der Waals surface area contributed by atoms with E-state index in [-0.39, 0.29) is 0 Å². The van der Waals surface area contributed by atoms with E-state index in [1.807, 2.05) is 19.9 Å². The van der Waals surface area contributed by atoms with E-state index in [4.69, 9.17) is 0 Å². The molecule has 0 radical (unpaired) electrons. The van der Waals surface area contributed by atoms with Crippen LogP contribution in [0.4, 0.5) is 4.39 Å². The third-order valence-corrected chi connectivity index (χ3v) is 2.09. The quantitative estimate of drug-likeness (QED) is 0.583. The molecule has 0 saturated carbocycles. The number of rotatable bonds is 4. The minimum Gasteiger partial charge on any atom is -0.239 e. The molecule has 0 unspecified atom stereocenters. The first kappa shape index (κ1) is 12.9. The summed E-state index contributed by atoms with van der Waals surface area (Å²) < 4.78 is 13.5. The zero-order valence-corrected chi connectivity index (χ0v) is 9.52. The third-order valence-electron chi connectivity index (χ3n) is 2.09. The van der Waals surface area contributed by atoms with Crippen molar-refractivity contribution in [3.8, 4) is 0 Å². The molecule has 0 heterocycles. The molecule has 0 N–H and O–H groups in total. The Morgan fingerprint density at radius 2 is 1.71 bits per heavy atom. The van der Waals surface area contributed by atoms with Gasteiger partial charge < -0.3 is 0 Å². The summed E-state index contributed by atoms with van der Waals surface area (Å²) in [6.45, 7) is 14.3. The van der Waals surface area contributed by atoms with Gasteiger partial charge in [0, 0.05) is 0 Å². The summed E-state index contributed by atoms with van der Waals surface area (Å²) >= 11 is 0. The zero-order valence-electron chi connectivity index (χ0n) is 9.52. The highest BCUT2D eigenvalue weighted by atomic mass is 19.1. The molecule has 14 heavy (non-hydrogen) atoms. The van der Waals surface area contributed by atoms with Crippen molar-refractivity contribution in [3.63, 3.8) is 0 Å². The van der Waals surface area contributed by atoms with E-state index in [2.05, 4.69) is 13.2 Å². The smallest absolute Gasteiger partial charge is 0.130 e. The van der Waals surface area contributed by atoms with Crippen molar-refractivity contribution < 1.29 is 4.39 Å². The lowest BCUT2D eigenvalue weighted by Gasteiger charge is -2.14. The van der Waals surface area contributed by atoms with Crippen LogP contribution < -0.4 is 0 Å². The molecular weight excluding hydrogens is 175 g/mol. The molecule has 0 aliphatic heterocycles. The van der Waals surface area contributed by atoms with Crippen LogP contribution in [0.3, 0.4) is 0 Å². The lowest BCUT2D eigenvalue weighted by molar-refractivity contribution is 0.274. The number of alkyl halides is 1. The van der Waals surface area contributed by atoms with Crippen LogP contribution in [0.5, 0.6) is 0 Å². The van der Waals surface area contributed by atoms with Gasteiger partial charge in [-0.25, -0.2) is 4.39 Å². The maximum absolute atomic E-state index is 13.5. The predicted octanol–water partition coefficient (Wildman–Crippen LogP) is 4.37. The van der Waals surface area contributed by atoms with Gasteiger partial charge in [0.25, 0.3) is 0 Å². The second-order valence-corrected chi connectivity index (χ2v) is 3.93. The normalized spacial score (nSPS) is 14.1. The Bertz CT molecular complexity index is 285. The minimum atomic E-state index is -1.34. The Balaban J connectivity index is 4.90. The fourth-order valence-corrected chi connectivity index (χ4v) is 0.866. The van der Waals surface area contributed by atoms with Crippen molar-refractivity contribution >= 4 is 0 Å². The third kappa shape index (κ3) is 4.22. The van der Waals surface area contributed by atoms with Crippen LogP contribution in [0, 0.1) is 0 Å². The highest BCUT2D eigenvalue weighted by Gasteiger charge is 2.18. The summed E-state index contributed by atoms with van der Waals surface area (Å²) in [5.74, 6) is 0. The minimum absolute atomic E-state index is 0.582. The molecule has 0 aliphatic carbocycles. The van der Waals surface area contributed by atoms with Crippen molar-refractivity contribution in [2.24, 2.45) is 0 Å². The van der Waals surface area contributed by atoms with E-state index < -0.39 is 5.67 Å².